The lowest BCUT2D eigenvalue weighted by Gasteiger charge is -2.12. The van der Waals surface area contributed by atoms with Crippen molar-refractivity contribution < 1.29 is 18.5 Å². The molecule has 0 aliphatic heterocycles. The normalized spacial score (nSPS) is 11.2. The fourth-order valence-corrected chi connectivity index (χ4v) is 4.73. The zero-order chi connectivity index (χ0) is 28.0. The number of anilines is 1. The summed E-state index contributed by atoms with van der Waals surface area (Å²) in [4.78, 5) is 46.3. The molecule has 0 unspecified atom stereocenters. The van der Waals surface area contributed by atoms with Gasteiger partial charge in [-0.1, -0.05) is 24.3 Å². The summed E-state index contributed by atoms with van der Waals surface area (Å²) in [6.45, 7) is 5.88. The Bertz CT molecular complexity index is 1830. The Morgan fingerprint density at radius 1 is 1.05 bits per heavy atom. The first kappa shape index (κ1) is 25.6. The molecule has 0 saturated carbocycles. The molecule has 198 valence electrons. The molecule has 5 aromatic rings. The number of primary amides is 1. The lowest BCUT2D eigenvalue weighted by atomic mass is 10.0. The van der Waals surface area contributed by atoms with Crippen molar-refractivity contribution in [3.05, 3.63) is 87.5 Å². The quantitative estimate of drug-likeness (QED) is 0.339. The van der Waals surface area contributed by atoms with Crippen molar-refractivity contribution in [1.29, 1.82) is 0 Å². The van der Waals surface area contributed by atoms with Gasteiger partial charge in [-0.15, -0.1) is 0 Å². The summed E-state index contributed by atoms with van der Waals surface area (Å²) >= 11 is 0. The smallest absolute Gasteiger partial charge is 0.290 e. The fraction of sp³-hybridized carbons (Fsp3) is 0.179. The highest BCUT2D eigenvalue weighted by Gasteiger charge is 2.22. The third kappa shape index (κ3) is 4.48. The number of hydrogen-bond donors (Lipinski definition) is 2. The number of hydrogen-bond acceptors (Lipinski definition) is 6. The van der Waals surface area contributed by atoms with Gasteiger partial charge in [0.05, 0.1) is 27.9 Å². The number of benzene rings is 2. The second-order valence-electron chi connectivity index (χ2n) is 9.04. The minimum absolute atomic E-state index is 0.129. The summed E-state index contributed by atoms with van der Waals surface area (Å²) in [7, 11) is 1.57. The molecule has 2 amide bonds. The molecule has 5 rings (SSSR count). The molecule has 0 fully saturated rings. The second-order valence-corrected chi connectivity index (χ2v) is 9.04. The van der Waals surface area contributed by atoms with Gasteiger partial charge in [-0.05, 0) is 56.2 Å². The zero-order valence-corrected chi connectivity index (χ0v) is 21.7. The first-order valence-corrected chi connectivity index (χ1v) is 12.1. The summed E-state index contributed by atoms with van der Waals surface area (Å²) in [5.74, 6) is -1.34. The molecular formula is C28H25FN6O4. The number of nitrogens with one attached hydrogen (secondary N) is 1. The van der Waals surface area contributed by atoms with Gasteiger partial charge >= 0.3 is 0 Å². The van der Waals surface area contributed by atoms with E-state index in [2.05, 4.69) is 15.3 Å². The summed E-state index contributed by atoms with van der Waals surface area (Å²) in [5, 5.41) is 2.68. The number of aromatic nitrogens is 4. The van der Waals surface area contributed by atoms with Crippen LogP contribution in [0.3, 0.4) is 0 Å². The van der Waals surface area contributed by atoms with Gasteiger partial charge in [0.1, 0.15) is 17.4 Å². The van der Waals surface area contributed by atoms with Crippen LogP contribution in [0.15, 0.2) is 57.8 Å². The van der Waals surface area contributed by atoms with Crippen LogP contribution >= 0.6 is 0 Å². The minimum atomic E-state index is -0.942. The Hall–Kier alpha value is -5.06. The fourth-order valence-electron chi connectivity index (χ4n) is 4.73. The third-order valence-corrected chi connectivity index (χ3v) is 6.47. The average Bonchev–Trinajstić information content (AvgIpc) is 3.39. The van der Waals surface area contributed by atoms with E-state index in [1.807, 2.05) is 41.8 Å². The molecule has 3 aromatic heterocycles. The Labute approximate surface area is 221 Å². The molecule has 2 aromatic carbocycles. The van der Waals surface area contributed by atoms with E-state index in [-0.39, 0.29) is 22.5 Å². The highest BCUT2D eigenvalue weighted by Crippen LogP contribution is 2.31. The van der Waals surface area contributed by atoms with E-state index >= 15 is 0 Å². The Morgan fingerprint density at radius 2 is 1.74 bits per heavy atom. The number of fused-ring (bicyclic) bond motifs is 1. The predicted octanol–water partition coefficient (Wildman–Crippen LogP) is 4.18. The molecule has 0 aliphatic carbocycles. The monoisotopic (exact) mass is 528 g/mol. The summed E-state index contributed by atoms with van der Waals surface area (Å²) < 4.78 is 22.4. The van der Waals surface area contributed by atoms with Gasteiger partial charge in [0.25, 0.3) is 17.4 Å². The molecule has 0 atom stereocenters. The van der Waals surface area contributed by atoms with E-state index in [0.29, 0.717) is 34.7 Å². The Balaban J connectivity index is 1.57. The molecule has 0 bridgehead atoms. The van der Waals surface area contributed by atoms with E-state index in [9.17, 15) is 18.8 Å². The van der Waals surface area contributed by atoms with Crippen LogP contribution < -0.4 is 16.6 Å². The van der Waals surface area contributed by atoms with Gasteiger partial charge in [0, 0.05) is 19.3 Å². The average molecular weight is 529 g/mol. The van der Waals surface area contributed by atoms with Gasteiger partial charge in [-0.3, -0.25) is 14.4 Å². The standard InChI is InChI=1S/C28H25FN6O4/c1-5-35-22(16-6-8-17(9-7-16)23-14(2)39-34(4)28(23)38)13-21-25(35)24(32-15(3)31-21)27(37)33-18-10-11-20(29)19(12-18)26(30)36/h6-13H,5H2,1-4H3,(H2,30,36)(H,33,37). The van der Waals surface area contributed by atoms with E-state index in [1.165, 1.54) is 16.9 Å². The van der Waals surface area contributed by atoms with Crippen molar-refractivity contribution >= 4 is 28.5 Å². The maximum absolute atomic E-state index is 13.9. The lowest BCUT2D eigenvalue weighted by Crippen LogP contribution is -2.18. The third-order valence-electron chi connectivity index (χ3n) is 6.47. The van der Waals surface area contributed by atoms with Crippen molar-refractivity contribution in [2.24, 2.45) is 12.8 Å². The van der Waals surface area contributed by atoms with Crippen LogP contribution in [-0.4, -0.2) is 31.1 Å². The molecular weight excluding hydrogens is 503 g/mol. The first-order chi connectivity index (χ1) is 18.6. The first-order valence-electron chi connectivity index (χ1n) is 12.1. The largest absolute Gasteiger partial charge is 0.381 e. The zero-order valence-electron chi connectivity index (χ0n) is 21.7. The maximum Gasteiger partial charge on any atom is 0.290 e. The molecule has 0 saturated heterocycles. The number of halogens is 1. The lowest BCUT2D eigenvalue weighted by molar-refractivity contribution is 0.0992. The molecule has 3 heterocycles. The minimum Gasteiger partial charge on any atom is -0.381 e. The van der Waals surface area contributed by atoms with Crippen LogP contribution in [0.25, 0.3) is 33.4 Å². The van der Waals surface area contributed by atoms with E-state index in [0.717, 1.165) is 22.9 Å². The molecule has 0 aliphatic rings. The Morgan fingerprint density at radius 3 is 2.36 bits per heavy atom. The van der Waals surface area contributed by atoms with Gasteiger partial charge in [0.2, 0.25) is 0 Å². The summed E-state index contributed by atoms with van der Waals surface area (Å²) in [6, 6.07) is 13.0. The van der Waals surface area contributed by atoms with Crippen LogP contribution in [-0.2, 0) is 13.6 Å². The van der Waals surface area contributed by atoms with E-state index < -0.39 is 17.6 Å². The van der Waals surface area contributed by atoms with Gasteiger partial charge < -0.3 is 20.1 Å². The van der Waals surface area contributed by atoms with Crippen LogP contribution in [0.2, 0.25) is 0 Å². The number of carbonyl (C=O) groups is 2. The van der Waals surface area contributed by atoms with Gasteiger partial charge in [-0.2, -0.15) is 4.74 Å². The number of amides is 2. The summed E-state index contributed by atoms with van der Waals surface area (Å²) in [6.07, 6.45) is 0. The molecule has 39 heavy (non-hydrogen) atoms. The predicted molar refractivity (Wildman–Crippen MR) is 144 cm³/mol. The van der Waals surface area contributed by atoms with Crippen LogP contribution in [0.5, 0.6) is 0 Å². The molecule has 10 nitrogen and oxygen atoms in total. The number of nitrogens with zero attached hydrogens (tertiary/aromatic N) is 4. The molecule has 11 heteroatoms. The van der Waals surface area contributed by atoms with Crippen molar-refractivity contribution in [2.75, 3.05) is 5.32 Å². The van der Waals surface area contributed by atoms with Crippen molar-refractivity contribution in [3.8, 4) is 22.4 Å². The second kappa shape index (κ2) is 9.67. The van der Waals surface area contributed by atoms with Gasteiger partial charge in [0.15, 0.2) is 5.69 Å². The van der Waals surface area contributed by atoms with Crippen molar-refractivity contribution in [2.45, 2.75) is 27.3 Å². The van der Waals surface area contributed by atoms with Crippen molar-refractivity contribution in [1.82, 2.24) is 19.3 Å². The molecule has 0 spiro atoms. The van der Waals surface area contributed by atoms with Crippen LogP contribution in [0.1, 0.15) is 39.4 Å². The van der Waals surface area contributed by atoms with E-state index in [4.69, 9.17) is 10.3 Å². The SMILES string of the molecule is CCn1c(-c2ccc(-c3c(C)on(C)c3=O)cc2)cc2nc(C)nc(C(=O)Nc3ccc(F)c(C(N)=O)c3)c21. The maximum atomic E-state index is 13.9. The number of rotatable bonds is 6. The highest BCUT2D eigenvalue weighted by molar-refractivity contribution is 6.11. The summed E-state index contributed by atoms with van der Waals surface area (Å²) in [5.41, 5.74) is 9.01. The topological polar surface area (TPSA) is 138 Å². The molecule has 0 radical (unpaired) electrons. The number of nitrogens with two attached hydrogens (primary N) is 1. The highest BCUT2D eigenvalue weighted by atomic mass is 19.1. The van der Waals surface area contributed by atoms with Crippen molar-refractivity contribution in [3.63, 3.8) is 0 Å². The molecule has 3 N–H and O–H groups in total. The number of aryl methyl sites for hydroxylation is 4. The van der Waals surface area contributed by atoms with Crippen LogP contribution in [0.4, 0.5) is 10.1 Å². The number of carbonyl (C=O) groups excluding carboxylic acids is 2. The Kier molecular flexibility index (Phi) is 6.35. The van der Waals surface area contributed by atoms with E-state index in [1.54, 1.807) is 20.9 Å². The van der Waals surface area contributed by atoms with Crippen LogP contribution in [0, 0.1) is 19.7 Å². The van der Waals surface area contributed by atoms with Gasteiger partial charge in [-0.25, -0.2) is 14.4 Å².